The molecular formula is C27H27N3O3S. The molecule has 4 aromatic rings. The van der Waals surface area contributed by atoms with Gasteiger partial charge in [-0.1, -0.05) is 72.8 Å². The van der Waals surface area contributed by atoms with Crippen molar-refractivity contribution in [3.63, 3.8) is 0 Å². The van der Waals surface area contributed by atoms with Crippen LogP contribution in [0.25, 0.3) is 0 Å². The molecule has 1 heterocycles. The van der Waals surface area contributed by atoms with Gasteiger partial charge in [-0.15, -0.1) is 0 Å². The SMILES string of the molecule is NCc1ccc(S(=O)(=O)N(Cc2ccccc2)Cc2ccccc2)cc1.O=Cc1ccncc1. The highest BCUT2D eigenvalue weighted by molar-refractivity contribution is 7.89. The van der Waals surface area contributed by atoms with Gasteiger partial charge in [0.2, 0.25) is 10.0 Å². The first-order valence-electron chi connectivity index (χ1n) is 10.7. The van der Waals surface area contributed by atoms with E-state index in [1.54, 1.807) is 48.8 Å². The topological polar surface area (TPSA) is 93.4 Å². The predicted molar refractivity (Wildman–Crippen MR) is 133 cm³/mol. The summed E-state index contributed by atoms with van der Waals surface area (Å²) in [5, 5.41) is 0. The Bertz CT molecular complexity index is 1210. The zero-order valence-corrected chi connectivity index (χ0v) is 19.5. The molecule has 34 heavy (non-hydrogen) atoms. The Labute approximate surface area is 200 Å². The van der Waals surface area contributed by atoms with E-state index >= 15 is 0 Å². The van der Waals surface area contributed by atoms with Crippen LogP contribution < -0.4 is 5.73 Å². The molecule has 0 aliphatic heterocycles. The number of aldehydes is 1. The summed E-state index contributed by atoms with van der Waals surface area (Å²) < 4.78 is 28.0. The second-order valence-corrected chi connectivity index (χ2v) is 9.43. The zero-order chi connectivity index (χ0) is 24.2. The third-order valence-electron chi connectivity index (χ3n) is 5.04. The fraction of sp³-hybridized carbons (Fsp3) is 0.111. The van der Waals surface area contributed by atoms with Crippen LogP contribution in [0, 0.1) is 0 Å². The van der Waals surface area contributed by atoms with Gasteiger partial charge >= 0.3 is 0 Å². The molecule has 4 rings (SSSR count). The number of hydrogen-bond donors (Lipinski definition) is 1. The summed E-state index contributed by atoms with van der Waals surface area (Å²) in [6.07, 6.45) is 3.97. The second kappa shape index (κ2) is 12.6. The molecule has 0 saturated heterocycles. The lowest BCUT2D eigenvalue weighted by molar-refractivity contribution is 0.112. The standard InChI is InChI=1S/C21H22N2O2S.C6H5NO/c22-15-18-11-13-21(14-12-18)26(24,25)23(16-19-7-3-1-4-8-19)17-20-9-5-2-6-10-20;8-5-6-1-3-7-4-2-6/h1-14H,15-17,22H2;1-5H. The number of sulfonamides is 1. The van der Waals surface area contributed by atoms with Gasteiger partial charge in [0.1, 0.15) is 6.29 Å². The van der Waals surface area contributed by atoms with Crippen molar-refractivity contribution in [3.8, 4) is 0 Å². The molecule has 0 aliphatic carbocycles. The van der Waals surface area contributed by atoms with Crippen molar-refractivity contribution in [1.82, 2.24) is 9.29 Å². The highest BCUT2D eigenvalue weighted by atomic mass is 32.2. The lowest BCUT2D eigenvalue weighted by Gasteiger charge is -2.23. The number of rotatable bonds is 8. The van der Waals surface area contributed by atoms with Crippen LogP contribution in [-0.4, -0.2) is 24.0 Å². The van der Waals surface area contributed by atoms with Gasteiger partial charge in [-0.25, -0.2) is 8.42 Å². The molecule has 0 radical (unpaired) electrons. The van der Waals surface area contributed by atoms with Gasteiger partial charge in [0.15, 0.2) is 0 Å². The number of hydrogen-bond acceptors (Lipinski definition) is 5. The summed E-state index contributed by atoms with van der Waals surface area (Å²) >= 11 is 0. The maximum atomic E-state index is 13.2. The maximum Gasteiger partial charge on any atom is 0.243 e. The number of benzene rings is 3. The number of nitrogens with two attached hydrogens (primary N) is 1. The summed E-state index contributed by atoms with van der Waals surface area (Å²) in [5.74, 6) is 0. The smallest absolute Gasteiger partial charge is 0.243 e. The minimum Gasteiger partial charge on any atom is -0.326 e. The molecule has 174 valence electrons. The largest absolute Gasteiger partial charge is 0.326 e. The van der Waals surface area contributed by atoms with Gasteiger partial charge in [-0.2, -0.15) is 4.31 Å². The molecule has 0 amide bonds. The first kappa shape index (κ1) is 25.0. The minimum absolute atomic E-state index is 0.279. The van der Waals surface area contributed by atoms with Gasteiger partial charge in [-0.3, -0.25) is 9.78 Å². The highest BCUT2D eigenvalue weighted by Gasteiger charge is 2.25. The highest BCUT2D eigenvalue weighted by Crippen LogP contribution is 2.21. The molecule has 3 aromatic carbocycles. The Balaban J connectivity index is 0.000000343. The molecule has 6 nitrogen and oxygen atoms in total. The van der Waals surface area contributed by atoms with Crippen LogP contribution >= 0.6 is 0 Å². The van der Waals surface area contributed by atoms with Gasteiger partial charge in [0.25, 0.3) is 0 Å². The summed E-state index contributed by atoms with van der Waals surface area (Å²) in [6.45, 7) is 1.02. The molecular weight excluding hydrogens is 446 g/mol. The average molecular weight is 474 g/mol. The molecule has 0 bridgehead atoms. The number of carbonyl (C=O) groups excluding carboxylic acids is 1. The monoisotopic (exact) mass is 473 g/mol. The van der Waals surface area contributed by atoms with E-state index in [-0.39, 0.29) is 4.90 Å². The van der Waals surface area contributed by atoms with Crippen LogP contribution in [0.3, 0.4) is 0 Å². The fourth-order valence-electron chi connectivity index (χ4n) is 3.19. The lowest BCUT2D eigenvalue weighted by Crippen LogP contribution is -2.30. The van der Waals surface area contributed by atoms with Gasteiger partial charge < -0.3 is 5.73 Å². The van der Waals surface area contributed by atoms with Crippen LogP contribution in [0.4, 0.5) is 0 Å². The molecule has 7 heteroatoms. The molecule has 0 fully saturated rings. The summed E-state index contributed by atoms with van der Waals surface area (Å²) in [6, 6.07) is 29.3. The van der Waals surface area contributed by atoms with E-state index in [9.17, 15) is 13.2 Å². The molecule has 0 saturated carbocycles. The van der Waals surface area contributed by atoms with E-state index in [2.05, 4.69) is 4.98 Å². The summed E-state index contributed by atoms with van der Waals surface area (Å²) in [7, 11) is -3.63. The van der Waals surface area contributed by atoms with Crippen molar-refractivity contribution >= 4 is 16.3 Å². The number of carbonyl (C=O) groups is 1. The average Bonchev–Trinajstić information content (AvgIpc) is 2.90. The van der Waals surface area contributed by atoms with E-state index < -0.39 is 10.0 Å². The van der Waals surface area contributed by atoms with Crippen molar-refractivity contribution in [2.45, 2.75) is 24.5 Å². The molecule has 0 aliphatic rings. The third kappa shape index (κ3) is 7.18. The Morgan fingerprint density at radius 1 is 0.706 bits per heavy atom. The van der Waals surface area contributed by atoms with E-state index in [0.29, 0.717) is 25.2 Å². The van der Waals surface area contributed by atoms with Gasteiger partial charge in [0, 0.05) is 37.6 Å². The van der Waals surface area contributed by atoms with Crippen LogP contribution in [0.15, 0.2) is 114 Å². The Kier molecular flexibility index (Phi) is 9.22. The second-order valence-electron chi connectivity index (χ2n) is 7.49. The van der Waals surface area contributed by atoms with Crippen molar-refractivity contribution < 1.29 is 13.2 Å². The summed E-state index contributed by atoms with van der Waals surface area (Å²) in [5.41, 5.74) is 9.08. The van der Waals surface area contributed by atoms with Crippen LogP contribution in [-0.2, 0) is 29.7 Å². The van der Waals surface area contributed by atoms with Crippen molar-refractivity contribution in [3.05, 3.63) is 132 Å². The molecule has 0 unspecified atom stereocenters. The zero-order valence-electron chi connectivity index (χ0n) is 18.7. The van der Waals surface area contributed by atoms with Crippen molar-refractivity contribution in [2.24, 2.45) is 5.73 Å². The van der Waals surface area contributed by atoms with E-state index in [1.807, 2.05) is 60.7 Å². The first-order valence-corrected chi connectivity index (χ1v) is 12.2. The van der Waals surface area contributed by atoms with Crippen LogP contribution in [0.1, 0.15) is 27.0 Å². The van der Waals surface area contributed by atoms with Gasteiger partial charge in [-0.05, 0) is 41.0 Å². The maximum absolute atomic E-state index is 13.2. The minimum atomic E-state index is -3.63. The predicted octanol–water partition coefficient (Wildman–Crippen LogP) is 4.43. The van der Waals surface area contributed by atoms with Crippen molar-refractivity contribution in [2.75, 3.05) is 0 Å². The Morgan fingerprint density at radius 3 is 1.62 bits per heavy atom. The number of aromatic nitrogens is 1. The van der Waals surface area contributed by atoms with Gasteiger partial charge in [0.05, 0.1) is 4.90 Å². The van der Waals surface area contributed by atoms with E-state index in [0.717, 1.165) is 23.0 Å². The summed E-state index contributed by atoms with van der Waals surface area (Å²) in [4.78, 5) is 14.0. The Hall–Kier alpha value is -3.65. The van der Waals surface area contributed by atoms with Crippen LogP contribution in [0.2, 0.25) is 0 Å². The van der Waals surface area contributed by atoms with Crippen LogP contribution in [0.5, 0.6) is 0 Å². The lowest BCUT2D eigenvalue weighted by atomic mass is 10.2. The Morgan fingerprint density at radius 2 is 1.21 bits per heavy atom. The third-order valence-corrected chi connectivity index (χ3v) is 6.85. The van der Waals surface area contributed by atoms with E-state index in [1.165, 1.54) is 4.31 Å². The molecule has 1 aromatic heterocycles. The normalized spacial score (nSPS) is 10.9. The van der Waals surface area contributed by atoms with E-state index in [4.69, 9.17) is 5.73 Å². The number of nitrogens with zero attached hydrogens (tertiary/aromatic N) is 2. The van der Waals surface area contributed by atoms with Crippen molar-refractivity contribution in [1.29, 1.82) is 0 Å². The molecule has 0 spiro atoms. The fourth-order valence-corrected chi connectivity index (χ4v) is 4.60. The number of pyridine rings is 1. The quantitative estimate of drug-likeness (QED) is 0.382. The first-order chi connectivity index (χ1) is 16.5. The molecule has 2 N–H and O–H groups in total. The molecule has 0 atom stereocenters.